The Morgan fingerprint density at radius 3 is 2.90 bits per heavy atom. The summed E-state index contributed by atoms with van der Waals surface area (Å²) < 4.78 is 30.2. The van der Waals surface area contributed by atoms with E-state index in [2.05, 4.69) is 12.0 Å². The molecule has 1 aliphatic rings. The molecule has 2 aromatic rings. The van der Waals surface area contributed by atoms with Crippen molar-refractivity contribution in [2.75, 3.05) is 17.2 Å². The summed E-state index contributed by atoms with van der Waals surface area (Å²) in [5, 5.41) is 4.59. The first kappa shape index (κ1) is 14.2. The van der Waals surface area contributed by atoms with E-state index in [0.29, 0.717) is 12.2 Å². The van der Waals surface area contributed by atoms with Gasteiger partial charge in [0.25, 0.3) is 0 Å². The fourth-order valence-corrected chi connectivity index (χ4v) is 4.55. The third kappa shape index (κ3) is 2.57. The van der Waals surface area contributed by atoms with Gasteiger partial charge in [-0.25, -0.2) is 13.1 Å². The first-order valence-corrected chi connectivity index (χ1v) is 8.94. The van der Waals surface area contributed by atoms with Crippen molar-refractivity contribution < 1.29 is 12.8 Å². The summed E-state index contributed by atoms with van der Waals surface area (Å²) in [7, 11) is -2.96. The molecular formula is C14H19N3O3S. The van der Waals surface area contributed by atoms with Crippen LogP contribution < -0.4 is 5.73 Å². The predicted octanol–water partition coefficient (Wildman–Crippen LogP) is 2.04. The molecule has 1 atom stereocenters. The molecule has 0 radical (unpaired) electrons. The smallest absolute Gasteiger partial charge is 0.152 e. The number of hydrogen-bond acceptors (Lipinski definition) is 5. The van der Waals surface area contributed by atoms with Crippen LogP contribution in [0.5, 0.6) is 0 Å². The van der Waals surface area contributed by atoms with Gasteiger partial charge < -0.3 is 10.2 Å². The van der Waals surface area contributed by atoms with E-state index in [0.717, 1.165) is 29.7 Å². The lowest BCUT2D eigenvalue weighted by Gasteiger charge is -2.10. The number of nitrogens with zero attached hydrogens (tertiary/aromatic N) is 2. The van der Waals surface area contributed by atoms with E-state index in [1.54, 1.807) is 17.2 Å². The quantitative estimate of drug-likeness (QED) is 0.933. The first-order chi connectivity index (χ1) is 10.0. The van der Waals surface area contributed by atoms with Crippen LogP contribution >= 0.6 is 0 Å². The van der Waals surface area contributed by atoms with Gasteiger partial charge in [0.2, 0.25) is 0 Å². The van der Waals surface area contributed by atoms with Crippen molar-refractivity contribution in [3.05, 3.63) is 24.2 Å². The summed E-state index contributed by atoms with van der Waals surface area (Å²) in [6.07, 6.45) is 5.57. The molecule has 6 nitrogen and oxygen atoms in total. The molecule has 2 aromatic heterocycles. The number of nitrogens with two attached hydrogens (primary N) is 1. The molecule has 2 N–H and O–H groups in total. The predicted molar refractivity (Wildman–Crippen MR) is 80.6 cm³/mol. The van der Waals surface area contributed by atoms with Crippen LogP contribution in [0.1, 0.15) is 31.4 Å². The number of furan rings is 1. The molecule has 0 saturated carbocycles. The van der Waals surface area contributed by atoms with Crippen LogP contribution in [0, 0.1) is 0 Å². The van der Waals surface area contributed by atoms with E-state index >= 15 is 0 Å². The fraction of sp³-hybridized carbons (Fsp3) is 0.500. The molecule has 3 heterocycles. The van der Waals surface area contributed by atoms with Crippen molar-refractivity contribution in [3.63, 3.8) is 0 Å². The van der Waals surface area contributed by atoms with Gasteiger partial charge in [-0.15, -0.1) is 0 Å². The number of anilines is 1. The van der Waals surface area contributed by atoms with Crippen LogP contribution in [0.2, 0.25) is 0 Å². The Balaban J connectivity index is 2.04. The minimum absolute atomic E-state index is 0.120. The summed E-state index contributed by atoms with van der Waals surface area (Å²) in [5.41, 5.74) is 8.89. The summed E-state index contributed by atoms with van der Waals surface area (Å²) in [6, 6.07) is 1.68. The van der Waals surface area contributed by atoms with E-state index in [-0.39, 0.29) is 17.5 Å². The van der Waals surface area contributed by atoms with E-state index in [9.17, 15) is 8.42 Å². The molecule has 3 rings (SSSR count). The zero-order chi connectivity index (χ0) is 15.0. The molecule has 1 aliphatic heterocycles. The lowest BCUT2D eigenvalue weighted by molar-refractivity contribution is 0.507. The van der Waals surface area contributed by atoms with E-state index < -0.39 is 9.84 Å². The van der Waals surface area contributed by atoms with Crippen molar-refractivity contribution in [1.82, 2.24) is 9.78 Å². The monoisotopic (exact) mass is 309 g/mol. The second-order valence-corrected chi connectivity index (χ2v) is 7.70. The van der Waals surface area contributed by atoms with Crippen LogP contribution in [0.25, 0.3) is 11.3 Å². The van der Waals surface area contributed by atoms with Gasteiger partial charge >= 0.3 is 0 Å². The molecular weight excluding hydrogens is 290 g/mol. The molecule has 0 bridgehead atoms. The molecule has 1 fully saturated rings. The Labute approximate surface area is 123 Å². The van der Waals surface area contributed by atoms with Crippen LogP contribution in [0.4, 0.5) is 5.82 Å². The molecule has 0 spiro atoms. The standard InChI is InChI=1S/C14H19N3O3S/c1-2-3-12-13(10-4-6-20-8-10)16-17(14(12)15)11-5-7-21(18,19)9-11/h4,6,8,11H,2-3,5,7,9,15H2,1H3. The van der Waals surface area contributed by atoms with E-state index in [4.69, 9.17) is 10.2 Å². The molecule has 0 amide bonds. The van der Waals surface area contributed by atoms with Crippen molar-refractivity contribution in [2.24, 2.45) is 0 Å². The highest BCUT2D eigenvalue weighted by atomic mass is 32.2. The molecule has 7 heteroatoms. The van der Waals surface area contributed by atoms with Gasteiger partial charge in [0, 0.05) is 11.1 Å². The minimum Gasteiger partial charge on any atom is -0.472 e. The van der Waals surface area contributed by atoms with Gasteiger partial charge in [-0.05, 0) is 18.9 Å². The largest absolute Gasteiger partial charge is 0.472 e. The zero-order valence-corrected chi connectivity index (χ0v) is 12.8. The van der Waals surface area contributed by atoms with Gasteiger partial charge in [-0.1, -0.05) is 13.3 Å². The highest BCUT2D eigenvalue weighted by Gasteiger charge is 2.32. The number of aromatic nitrogens is 2. The lowest BCUT2D eigenvalue weighted by atomic mass is 10.1. The Morgan fingerprint density at radius 1 is 1.52 bits per heavy atom. The van der Waals surface area contributed by atoms with E-state index in [1.165, 1.54) is 0 Å². The maximum Gasteiger partial charge on any atom is 0.152 e. The van der Waals surface area contributed by atoms with Gasteiger partial charge in [0.1, 0.15) is 11.5 Å². The van der Waals surface area contributed by atoms with Crippen LogP contribution in [-0.4, -0.2) is 29.7 Å². The molecule has 0 aliphatic carbocycles. The highest BCUT2D eigenvalue weighted by molar-refractivity contribution is 7.91. The summed E-state index contributed by atoms with van der Waals surface area (Å²) in [5.74, 6) is 0.909. The molecule has 0 aromatic carbocycles. The third-order valence-electron chi connectivity index (χ3n) is 3.90. The highest BCUT2D eigenvalue weighted by Crippen LogP contribution is 2.33. The van der Waals surface area contributed by atoms with Crippen LogP contribution in [0.3, 0.4) is 0 Å². The second-order valence-electron chi connectivity index (χ2n) is 5.48. The van der Waals surface area contributed by atoms with E-state index in [1.807, 2.05) is 6.07 Å². The Hall–Kier alpha value is -1.76. The number of nitrogen functional groups attached to an aromatic ring is 1. The zero-order valence-electron chi connectivity index (χ0n) is 11.9. The average molecular weight is 309 g/mol. The summed E-state index contributed by atoms with van der Waals surface area (Å²) in [6.45, 7) is 2.08. The Morgan fingerprint density at radius 2 is 2.33 bits per heavy atom. The third-order valence-corrected chi connectivity index (χ3v) is 5.65. The van der Waals surface area contributed by atoms with Crippen molar-refractivity contribution in [2.45, 2.75) is 32.2 Å². The number of sulfone groups is 1. The van der Waals surface area contributed by atoms with Crippen molar-refractivity contribution in [1.29, 1.82) is 0 Å². The van der Waals surface area contributed by atoms with Gasteiger partial charge in [0.15, 0.2) is 9.84 Å². The molecule has 114 valence electrons. The average Bonchev–Trinajstić information content (AvgIpc) is 3.12. The van der Waals surface area contributed by atoms with Crippen molar-refractivity contribution in [3.8, 4) is 11.3 Å². The number of rotatable bonds is 4. The maximum atomic E-state index is 11.7. The number of hydrogen-bond donors (Lipinski definition) is 1. The van der Waals surface area contributed by atoms with Gasteiger partial charge in [-0.2, -0.15) is 5.10 Å². The second kappa shape index (κ2) is 5.22. The summed E-state index contributed by atoms with van der Waals surface area (Å²) >= 11 is 0. The van der Waals surface area contributed by atoms with Crippen LogP contribution in [-0.2, 0) is 16.3 Å². The topological polar surface area (TPSA) is 91.1 Å². The summed E-state index contributed by atoms with van der Waals surface area (Å²) in [4.78, 5) is 0. The molecule has 1 saturated heterocycles. The van der Waals surface area contributed by atoms with Crippen LogP contribution in [0.15, 0.2) is 23.0 Å². The Kier molecular flexibility index (Phi) is 3.52. The molecule has 1 unspecified atom stereocenters. The van der Waals surface area contributed by atoms with Crippen molar-refractivity contribution >= 4 is 15.7 Å². The molecule has 21 heavy (non-hydrogen) atoms. The SMILES string of the molecule is CCCc1c(-c2ccoc2)nn(C2CCS(=O)(=O)C2)c1N. The van der Waals surface area contributed by atoms with Gasteiger partial charge in [0.05, 0.1) is 30.1 Å². The Bertz CT molecular complexity index is 732. The van der Waals surface area contributed by atoms with Gasteiger partial charge in [-0.3, -0.25) is 0 Å². The lowest BCUT2D eigenvalue weighted by Crippen LogP contribution is -2.15. The normalized spacial score (nSPS) is 20.9. The fourth-order valence-electron chi connectivity index (χ4n) is 2.86. The minimum atomic E-state index is -2.96. The first-order valence-electron chi connectivity index (χ1n) is 7.11. The maximum absolute atomic E-state index is 11.7.